The fraction of sp³-hybridized carbons (Fsp3) is 0.300. The first-order valence-corrected chi connectivity index (χ1v) is 7.88. The van der Waals surface area contributed by atoms with E-state index in [4.69, 9.17) is 0 Å². The smallest absolute Gasteiger partial charge is 0.299 e. The average Bonchev–Trinajstić information content (AvgIpc) is 2.88. The molecule has 1 heterocycles. The van der Waals surface area contributed by atoms with Crippen molar-refractivity contribution in [2.24, 2.45) is 4.99 Å². The summed E-state index contributed by atoms with van der Waals surface area (Å²) >= 11 is 1.50. The van der Waals surface area contributed by atoms with E-state index in [9.17, 15) is 21.6 Å². The van der Waals surface area contributed by atoms with Crippen LogP contribution in [0.5, 0.6) is 0 Å². The Bertz CT molecular complexity index is 612. The summed E-state index contributed by atoms with van der Waals surface area (Å²) in [4.78, 5) is 3.31. The molecule has 1 aromatic carbocycles. The normalized spacial score (nSPS) is 15.8. The van der Waals surface area contributed by atoms with E-state index < -0.39 is 20.2 Å². The number of sulfone groups is 1. The molecule has 5 nitrogen and oxygen atoms in total. The van der Waals surface area contributed by atoms with Gasteiger partial charge in [-0.1, -0.05) is 11.8 Å². The molecule has 0 aromatic heterocycles. The van der Waals surface area contributed by atoms with Crippen LogP contribution in [0.4, 0.5) is 18.9 Å². The Morgan fingerprint density at radius 3 is 2.30 bits per heavy atom. The lowest BCUT2D eigenvalue weighted by molar-refractivity contribution is -0.0436. The second kappa shape index (κ2) is 5.52. The minimum absolute atomic E-state index is 0.432. The fourth-order valence-electron chi connectivity index (χ4n) is 1.39. The van der Waals surface area contributed by atoms with E-state index in [0.717, 1.165) is 17.9 Å². The molecule has 0 spiro atoms. The highest BCUT2D eigenvalue weighted by molar-refractivity contribution is 8.14. The van der Waals surface area contributed by atoms with Gasteiger partial charge in [0, 0.05) is 5.75 Å². The van der Waals surface area contributed by atoms with Crippen molar-refractivity contribution in [3.8, 4) is 0 Å². The number of hydrazine groups is 1. The lowest BCUT2D eigenvalue weighted by atomic mass is 10.3. The lowest BCUT2D eigenvalue weighted by Gasteiger charge is -2.11. The molecule has 0 radical (unpaired) electrons. The SMILES string of the molecule is O=S(=O)(c1ccc(NNC2=NCCS2)cc1)C(F)(F)F. The van der Waals surface area contributed by atoms with E-state index in [1.807, 2.05) is 0 Å². The quantitative estimate of drug-likeness (QED) is 0.832. The van der Waals surface area contributed by atoms with E-state index in [1.165, 1.54) is 23.9 Å². The molecule has 0 aliphatic carbocycles. The number of nitrogens with one attached hydrogen (secondary N) is 2. The first-order valence-electron chi connectivity index (χ1n) is 5.41. The Morgan fingerprint density at radius 1 is 1.15 bits per heavy atom. The van der Waals surface area contributed by atoms with Gasteiger partial charge in [0.1, 0.15) is 0 Å². The van der Waals surface area contributed by atoms with Crippen LogP contribution in [0.1, 0.15) is 0 Å². The number of hydrogen-bond acceptors (Lipinski definition) is 6. The summed E-state index contributed by atoms with van der Waals surface area (Å²) in [7, 11) is -5.30. The summed E-state index contributed by atoms with van der Waals surface area (Å²) in [6.07, 6.45) is 0. The van der Waals surface area contributed by atoms with Gasteiger partial charge >= 0.3 is 5.51 Å². The van der Waals surface area contributed by atoms with Crippen molar-refractivity contribution in [1.82, 2.24) is 5.43 Å². The zero-order valence-corrected chi connectivity index (χ0v) is 11.6. The Balaban J connectivity index is 2.06. The lowest BCUT2D eigenvalue weighted by Crippen LogP contribution is -2.26. The molecule has 0 bridgehead atoms. The van der Waals surface area contributed by atoms with Crippen molar-refractivity contribution in [3.05, 3.63) is 24.3 Å². The highest BCUT2D eigenvalue weighted by Crippen LogP contribution is 2.30. The summed E-state index contributed by atoms with van der Waals surface area (Å²) in [6, 6.07) is 4.28. The fourth-order valence-corrected chi connectivity index (χ4v) is 2.83. The number of amidine groups is 1. The van der Waals surface area contributed by atoms with Crippen molar-refractivity contribution < 1.29 is 21.6 Å². The largest absolute Gasteiger partial charge is 0.501 e. The average molecular weight is 325 g/mol. The van der Waals surface area contributed by atoms with Crippen molar-refractivity contribution in [2.45, 2.75) is 10.4 Å². The molecule has 110 valence electrons. The van der Waals surface area contributed by atoms with E-state index in [0.29, 0.717) is 17.4 Å². The van der Waals surface area contributed by atoms with Crippen molar-refractivity contribution in [3.63, 3.8) is 0 Å². The van der Waals surface area contributed by atoms with Gasteiger partial charge in [-0.15, -0.1) is 0 Å². The summed E-state index contributed by atoms with van der Waals surface area (Å²) in [5.41, 5.74) is 0.639. The first kappa shape index (κ1) is 15.0. The van der Waals surface area contributed by atoms with Crippen molar-refractivity contribution in [1.29, 1.82) is 0 Å². The monoisotopic (exact) mass is 325 g/mol. The van der Waals surface area contributed by atoms with Gasteiger partial charge in [0.25, 0.3) is 9.84 Å². The maximum absolute atomic E-state index is 12.3. The zero-order chi connectivity index (χ0) is 14.8. The molecule has 1 aliphatic heterocycles. The number of alkyl halides is 3. The number of benzene rings is 1. The molecule has 10 heteroatoms. The third-order valence-corrected chi connectivity index (χ3v) is 4.76. The minimum Gasteiger partial charge on any atom is -0.299 e. The molecule has 0 amide bonds. The molecule has 0 saturated carbocycles. The predicted octanol–water partition coefficient (Wildman–Crippen LogP) is 2.00. The first-order chi connectivity index (χ1) is 9.30. The van der Waals surface area contributed by atoms with Gasteiger partial charge in [-0.3, -0.25) is 15.8 Å². The molecule has 2 rings (SSSR count). The van der Waals surface area contributed by atoms with Gasteiger partial charge in [0.05, 0.1) is 17.1 Å². The molecule has 1 aliphatic rings. The number of hydrogen-bond donors (Lipinski definition) is 2. The molecule has 20 heavy (non-hydrogen) atoms. The van der Waals surface area contributed by atoms with Crippen LogP contribution in [0, 0.1) is 0 Å². The standard InChI is InChI=1S/C10H10F3N3O2S2/c11-10(12,13)20(17,18)8-3-1-7(2-4-8)15-16-9-14-5-6-19-9/h1-4,15H,5-6H2,(H,14,16). The van der Waals surface area contributed by atoms with E-state index >= 15 is 0 Å². The van der Waals surface area contributed by atoms with Gasteiger partial charge in [0.2, 0.25) is 0 Å². The summed E-state index contributed by atoms with van der Waals surface area (Å²) in [5, 5.41) is 0.678. The molecule has 2 N–H and O–H groups in total. The Labute approximate surface area is 117 Å². The van der Waals surface area contributed by atoms with Crippen LogP contribution in [0.25, 0.3) is 0 Å². The second-order valence-corrected chi connectivity index (χ2v) is 6.78. The van der Waals surface area contributed by atoms with Crippen molar-refractivity contribution in [2.75, 3.05) is 17.7 Å². The number of anilines is 1. The highest BCUT2D eigenvalue weighted by Gasteiger charge is 2.46. The van der Waals surface area contributed by atoms with Gasteiger partial charge in [-0.25, -0.2) is 8.42 Å². The van der Waals surface area contributed by atoms with Gasteiger partial charge < -0.3 is 0 Å². The number of nitrogens with zero attached hydrogens (tertiary/aromatic N) is 1. The van der Waals surface area contributed by atoms with Crippen LogP contribution in [-0.2, 0) is 9.84 Å². The number of halogens is 3. The van der Waals surface area contributed by atoms with Gasteiger partial charge in [-0.05, 0) is 24.3 Å². The number of rotatable bonds is 3. The molecular formula is C10H10F3N3O2S2. The molecule has 0 saturated heterocycles. The van der Waals surface area contributed by atoms with E-state index in [2.05, 4.69) is 15.8 Å². The summed E-state index contributed by atoms with van der Waals surface area (Å²) < 4.78 is 59.3. The topological polar surface area (TPSA) is 70.6 Å². The van der Waals surface area contributed by atoms with Crippen molar-refractivity contribution >= 4 is 32.5 Å². The molecule has 0 fully saturated rings. The van der Waals surface area contributed by atoms with Gasteiger partial charge in [0.15, 0.2) is 5.17 Å². The van der Waals surface area contributed by atoms with Crippen LogP contribution < -0.4 is 10.9 Å². The second-order valence-electron chi connectivity index (χ2n) is 3.76. The van der Waals surface area contributed by atoms with E-state index in [-0.39, 0.29) is 0 Å². The van der Waals surface area contributed by atoms with Crippen LogP contribution in [-0.4, -0.2) is 31.4 Å². The minimum atomic E-state index is -5.30. The van der Waals surface area contributed by atoms with Crippen LogP contribution in [0.2, 0.25) is 0 Å². The predicted molar refractivity (Wildman–Crippen MR) is 71.2 cm³/mol. The van der Waals surface area contributed by atoms with E-state index in [1.54, 1.807) is 0 Å². The maximum Gasteiger partial charge on any atom is 0.501 e. The van der Waals surface area contributed by atoms with Gasteiger partial charge in [-0.2, -0.15) is 13.2 Å². The summed E-state index contributed by atoms with van der Waals surface area (Å²) in [6.45, 7) is 0.706. The Kier molecular flexibility index (Phi) is 4.14. The summed E-state index contributed by atoms with van der Waals surface area (Å²) in [5.74, 6) is 0.868. The molecule has 1 aromatic rings. The third-order valence-electron chi connectivity index (χ3n) is 2.37. The Morgan fingerprint density at radius 2 is 1.80 bits per heavy atom. The zero-order valence-electron chi connectivity index (χ0n) is 9.94. The highest BCUT2D eigenvalue weighted by atomic mass is 32.2. The van der Waals surface area contributed by atoms with Crippen LogP contribution >= 0.6 is 11.8 Å². The molecule has 0 atom stereocenters. The third kappa shape index (κ3) is 3.18. The molecule has 0 unspecified atom stereocenters. The number of thioether (sulfide) groups is 1. The van der Waals surface area contributed by atoms with Crippen LogP contribution in [0.15, 0.2) is 34.2 Å². The Hall–Kier alpha value is -1.42. The van der Waals surface area contributed by atoms with Crippen LogP contribution in [0.3, 0.4) is 0 Å². The maximum atomic E-state index is 12.3. The number of aliphatic imine (C=N–C) groups is 1. The molecular weight excluding hydrogens is 315 g/mol.